The van der Waals surface area contributed by atoms with Crippen molar-refractivity contribution in [2.45, 2.75) is 17.8 Å². The molecule has 19 heteroatoms. The number of carbonyl (C=O) groups is 2. The number of nitrogens with one attached hydrogen (secondary N) is 2. The van der Waals surface area contributed by atoms with Crippen LogP contribution in [0.2, 0.25) is 5.02 Å². The first-order valence-corrected chi connectivity index (χ1v) is 13.0. The number of nitrogens with zero attached hydrogens (tertiary/aromatic N) is 5. The number of hydrogen-bond donors (Lipinski definition) is 3. The highest BCUT2D eigenvalue weighted by atomic mass is 35.5. The van der Waals surface area contributed by atoms with Crippen LogP contribution in [-0.4, -0.2) is 74.6 Å². The molecule has 0 aliphatic carbocycles. The number of aromatic nitrogens is 4. The molecule has 3 aromatic rings. The highest BCUT2D eigenvalue weighted by Crippen LogP contribution is 2.34. The molecule has 202 valence electrons. The number of nitro groups is 1. The molecule has 0 saturated carbocycles. The molecule has 2 aromatic heterocycles. The number of halogens is 1. The predicted molar refractivity (Wildman–Crippen MR) is 132 cm³/mol. The first-order chi connectivity index (χ1) is 17.8. The molecule has 2 heterocycles. The Morgan fingerprint density at radius 1 is 1.32 bits per heavy atom. The van der Waals surface area contributed by atoms with Crippen molar-refractivity contribution < 1.29 is 28.0 Å². The lowest BCUT2D eigenvalue weighted by Gasteiger charge is -2.21. The van der Waals surface area contributed by atoms with Crippen LogP contribution in [0.3, 0.4) is 0 Å². The summed E-state index contributed by atoms with van der Waals surface area (Å²) in [7, 11) is -4.30. The second kappa shape index (κ2) is 11.6. The van der Waals surface area contributed by atoms with Gasteiger partial charge in [0.05, 0.1) is 10.5 Å². The molecule has 3 N–H and O–H groups in total. The number of sulfonamides is 1. The Morgan fingerprint density at radius 3 is 2.68 bits per heavy atom. The van der Waals surface area contributed by atoms with Crippen molar-refractivity contribution in [3.05, 3.63) is 65.9 Å². The summed E-state index contributed by atoms with van der Waals surface area (Å²) in [6, 6.07) is 3.75. The fraction of sp³-hybridized carbons (Fsp3) is 0.263. The second-order valence-corrected chi connectivity index (χ2v) is 11.0. The molecule has 0 saturated heterocycles. The third-order valence-corrected chi connectivity index (χ3v) is 7.89. The van der Waals surface area contributed by atoms with E-state index < -0.39 is 74.3 Å². The molecule has 0 aliphatic heterocycles. The molecule has 0 bridgehead atoms. The summed E-state index contributed by atoms with van der Waals surface area (Å²) in [5, 5.41) is 27.8. The van der Waals surface area contributed by atoms with Gasteiger partial charge in [0.2, 0.25) is 10.2 Å². The number of H-pyrrole nitrogens is 1. The normalized spacial score (nSPS) is 11.3. The summed E-state index contributed by atoms with van der Waals surface area (Å²) in [6.45, 7) is -0.809. The molecule has 16 nitrogen and oxygen atoms in total. The maximum absolute atomic E-state index is 12.7. The van der Waals surface area contributed by atoms with E-state index in [0.717, 1.165) is 21.7 Å². The van der Waals surface area contributed by atoms with Crippen molar-refractivity contribution in [2.75, 3.05) is 19.6 Å². The van der Waals surface area contributed by atoms with Crippen LogP contribution < -0.4 is 16.0 Å². The molecule has 0 radical (unpaired) electrons. The third kappa shape index (κ3) is 6.85. The molecule has 38 heavy (non-hydrogen) atoms. The van der Waals surface area contributed by atoms with Gasteiger partial charge in [-0.2, -0.15) is 0 Å². The largest absolute Gasteiger partial charge is 0.480 e. The molecular weight excluding hydrogens is 570 g/mol. The fourth-order valence-corrected chi connectivity index (χ4v) is 5.34. The van der Waals surface area contributed by atoms with Crippen LogP contribution >= 0.6 is 22.9 Å². The van der Waals surface area contributed by atoms with Crippen molar-refractivity contribution in [3.8, 4) is 10.6 Å². The molecule has 0 atom stereocenters. The van der Waals surface area contributed by atoms with E-state index in [1.807, 2.05) is 4.98 Å². The van der Waals surface area contributed by atoms with E-state index in [9.17, 15) is 37.7 Å². The van der Waals surface area contributed by atoms with E-state index in [2.05, 4.69) is 14.9 Å². The molecule has 0 spiro atoms. The lowest BCUT2D eigenvalue weighted by Crippen LogP contribution is -2.44. The molecule has 0 fully saturated rings. The van der Waals surface area contributed by atoms with Gasteiger partial charge in [0.15, 0.2) is 5.01 Å². The number of carboxylic acid groups (broad SMARTS) is 1. The van der Waals surface area contributed by atoms with Gasteiger partial charge in [-0.25, -0.2) is 17.9 Å². The molecule has 3 rings (SSSR count). The Bertz CT molecular complexity index is 1630. The average molecular weight is 588 g/mol. The lowest BCUT2D eigenvalue weighted by molar-refractivity contribution is -0.384. The smallest absolute Gasteiger partial charge is 0.328 e. The summed E-state index contributed by atoms with van der Waals surface area (Å²) in [6.07, 6.45) is 1.14. The standard InChI is InChI=1S/C19H18ClN7O9S2/c1-10-7-26(18(32)22-16(10)31)8-14(28)25(9-15(29)30)5-4-21-38(35,36)19-24-23-17(37-19)12-3-2-11(20)6-13(12)27(33)34/h2-3,6-7,21H,4-5,8-9H2,1H3,(H,29,30)(H,22,31,32). The van der Waals surface area contributed by atoms with Crippen molar-refractivity contribution in [3.63, 3.8) is 0 Å². The molecule has 0 unspecified atom stereocenters. The zero-order valence-corrected chi connectivity index (χ0v) is 21.7. The van der Waals surface area contributed by atoms with Crippen LogP contribution in [0.1, 0.15) is 5.56 Å². The Balaban J connectivity index is 1.72. The zero-order valence-electron chi connectivity index (χ0n) is 19.3. The van der Waals surface area contributed by atoms with Crippen LogP contribution in [0.4, 0.5) is 5.69 Å². The van der Waals surface area contributed by atoms with Gasteiger partial charge in [-0.05, 0) is 19.1 Å². The number of aliphatic carboxylic acids is 1. The van der Waals surface area contributed by atoms with Crippen molar-refractivity contribution in [2.24, 2.45) is 0 Å². The number of aromatic amines is 1. The maximum Gasteiger partial charge on any atom is 0.328 e. The van der Waals surface area contributed by atoms with Gasteiger partial charge in [0.1, 0.15) is 13.1 Å². The van der Waals surface area contributed by atoms with Crippen molar-refractivity contribution in [1.82, 2.24) is 29.4 Å². The van der Waals surface area contributed by atoms with Gasteiger partial charge in [-0.3, -0.25) is 34.0 Å². The summed E-state index contributed by atoms with van der Waals surface area (Å²) in [5.41, 5.74) is -1.76. The quantitative estimate of drug-likeness (QED) is 0.197. The van der Waals surface area contributed by atoms with E-state index in [1.54, 1.807) is 0 Å². The van der Waals surface area contributed by atoms with Gasteiger partial charge in [-0.1, -0.05) is 22.9 Å². The number of hydrogen-bond acceptors (Lipinski definition) is 11. The molecular formula is C19H18ClN7O9S2. The van der Waals surface area contributed by atoms with Crippen LogP contribution in [-0.2, 0) is 26.2 Å². The monoisotopic (exact) mass is 587 g/mol. The van der Waals surface area contributed by atoms with Gasteiger partial charge in [-0.15, -0.1) is 10.2 Å². The van der Waals surface area contributed by atoms with E-state index >= 15 is 0 Å². The summed E-state index contributed by atoms with van der Waals surface area (Å²) >= 11 is 6.34. The van der Waals surface area contributed by atoms with Gasteiger partial charge in [0.25, 0.3) is 21.3 Å². The lowest BCUT2D eigenvalue weighted by atomic mass is 10.2. The number of amides is 1. The van der Waals surface area contributed by atoms with E-state index in [4.69, 9.17) is 16.7 Å². The number of carbonyl (C=O) groups excluding carboxylic acids is 1. The van der Waals surface area contributed by atoms with Gasteiger partial charge < -0.3 is 10.0 Å². The predicted octanol–water partition coefficient (Wildman–Crippen LogP) is -0.183. The second-order valence-electron chi connectivity index (χ2n) is 7.60. The number of benzene rings is 1. The third-order valence-electron chi connectivity index (χ3n) is 4.87. The first-order valence-electron chi connectivity index (χ1n) is 10.4. The van der Waals surface area contributed by atoms with Crippen LogP contribution in [0.5, 0.6) is 0 Å². The van der Waals surface area contributed by atoms with E-state index in [-0.39, 0.29) is 21.2 Å². The number of carboxylic acids is 1. The SMILES string of the molecule is Cc1cn(CC(=O)N(CCNS(=O)(=O)c2nnc(-c3ccc(Cl)cc3[N+](=O)[O-])s2)CC(=O)O)c(=O)[nH]c1=O. The summed E-state index contributed by atoms with van der Waals surface area (Å²) in [5.74, 6) is -2.21. The maximum atomic E-state index is 12.7. The van der Waals surface area contributed by atoms with Crippen molar-refractivity contribution in [1.29, 1.82) is 0 Å². The van der Waals surface area contributed by atoms with E-state index in [1.165, 1.54) is 19.1 Å². The zero-order chi connectivity index (χ0) is 28.2. The minimum absolute atomic E-state index is 0.00400. The molecule has 1 amide bonds. The number of aryl methyl sites for hydroxylation is 1. The van der Waals surface area contributed by atoms with Crippen molar-refractivity contribution >= 4 is 50.5 Å². The Kier molecular flexibility index (Phi) is 8.71. The fourth-order valence-electron chi connectivity index (χ4n) is 3.08. The van der Waals surface area contributed by atoms with Gasteiger partial charge in [0, 0.05) is 35.9 Å². The summed E-state index contributed by atoms with van der Waals surface area (Å²) in [4.78, 5) is 60.7. The molecule has 0 aliphatic rings. The Morgan fingerprint density at radius 2 is 2.03 bits per heavy atom. The Labute approximate surface area is 221 Å². The van der Waals surface area contributed by atoms with Crippen LogP contribution in [0.25, 0.3) is 10.6 Å². The average Bonchev–Trinajstić information content (AvgIpc) is 3.32. The highest BCUT2D eigenvalue weighted by Gasteiger charge is 2.25. The highest BCUT2D eigenvalue weighted by molar-refractivity contribution is 7.91. The summed E-state index contributed by atoms with van der Waals surface area (Å²) < 4.78 is 27.9. The van der Waals surface area contributed by atoms with Gasteiger partial charge >= 0.3 is 11.7 Å². The number of nitro benzene ring substituents is 1. The Hall–Kier alpha value is -4.00. The minimum atomic E-state index is -4.30. The van der Waals surface area contributed by atoms with Crippen LogP contribution in [0, 0.1) is 17.0 Å². The minimum Gasteiger partial charge on any atom is -0.480 e. The van der Waals surface area contributed by atoms with Crippen LogP contribution in [0.15, 0.2) is 38.3 Å². The molecule has 1 aromatic carbocycles. The first kappa shape index (κ1) is 28.6. The topological polar surface area (TPSA) is 228 Å². The van der Waals surface area contributed by atoms with E-state index in [0.29, 0.717) is 11.3 Å². The number of rotatable bonds is 11.